The predicted octanol–water partition coefficient (Wildman–Crippen LogP) is 4.51. The molecule has 0 saturated heterocycles. The summed E-state index contributed by atoms with van der Waals surface area (Å²) in [4.78, 5) is 11.5. The van der Waals surface area contributed by atoms with E-state index < -0.39 is 23.4 Å². The lowest BCUT2D eigenvalue weighted by Crippen LogP contribution is -2.05. The highest BCUT2D eigenvalue weighted by molar-refractivity contribution is 5.93. The van der Waals surface area contributed by atoms with E-state index in [4.69, 9.17) is 9.47 Å². The van der Waals surface area contributed by atoms with Crippen molar-refractivity contribution in [1.82, 2.24) is 0 Å². The maximum atomic E-state index is 14.1. The number of hydrogen-bond acceptors (Lipinski definition) is 3. The lowest BCUT2D eigenvalue weighted by Gasteiger charge is -2.09. The fourth-order valence-electron chi connectivity index (χ4n) is 2.08. The average molecular weight is 332 g/mol. The molecule has 0 aliphatic heterocycles. The Labute approximate surface area is 139 Å². The lowest BCUT2D eigenvalue weighted by molar-refractivity contribution is -0.138. The second kappa shape index (κ2) is 8.24. The largest absolute Gasteiger partial charge is 0.483 e. The molecule has 2 aromatic rings. The zero-order chi connectivity index (χ0) is 17.5. The van der Waals surface area contributed by atoms with E-state index in [1.807, 2.05) is 18.2 Å². The molecule has 0 aromatic heterocycles. The fraction of sp³-hybridized carbons (Fsp3) is 0.211. The van der Waals surface area contributed by atoms with Crippen LogP contribution >= 0.6 is 0 Å². The van der Waals surface area contributed by atoms with E-state index in [1.54, 1.807) is 19.1 Å². The van der Waals surface area contributed by atoms with Crippen LogP contribution in [0.15, 0.2) is 48.0 Å². The summed E-state index contributed by atoms with van der Waals surface area (Å²) in [6, 6.07) is 11.3. The van der Waals surface area contributed by atoms with Crippen LogP contribution in [0.1, 0.15) is 25.0 Å². The van der Waals surface area contributed by atoms with E-state index in [1.165, 1.54) is 13.0 Å². The molecule has 0 aliphatic carbocycles. The topological polar surface area (TPSA) is 35.5 Å². The van der Waals surface area contributed by atoms with Gasteiger partial charge in [0.2, 0.25) is 0 Å². The second-order valence-electron chi connectivity index (χ2n) is 5.14. The Hall–Kier alpha value is -2.69. The van der Waals surface area contributed by atoms with Crippen LogP contribution < -0.4 is 4.74 Å². The van der Waals surface area contributed by atoms with Gasteiger partial charge in [-0.25, -0.2) is 13.6 Å². The van der Waals surface area contributed by atoms with E-state index in [-0.39, 0.29) is 24.4 Å². The van der Waals surface area contributed by atoms with Crippen LogP contribution in [0.25, 0.3) is 6.08 Å². The van der Waals surface area contributed by atoms with Crippen LogP contribution in [-0.2, 0) is 16.1 Å². The van der Waals surface area contributed by atoms with Crippen molar-refractivity contribution in [3.63, 3.8) is 0 Å². The molecule has 0 amide bonds. The number of hydrogen-bond donors (Lipinski definition) is 0. The van der Waals surface area contributed by atoms with Gasteiger partial charge in [-0.3, -0.25) is 0 Å². The third kappa shape index (κ3) is 4.65. The molecule has 0 unspecified atom stereocenters. The molecule has 0 N–H and O–H groups in total. The van der Waals surface area contributed by atoms with Gasteiger partial charge in [-0.05, 0) is 43.2 Å². The first-order valence-electron chi connectivity index (χ1n) is 7.52. The third-order valence-corrected chi connectivity index (χ3v) is 3.23. The summed E-state index contributed by atoms with van der Waals surface area (Å²) >= 11 is 0. The summed E-state index contributed by atoms with van der Waals surface area (Å²) < 4.78 is 38.3. The molecule has 3 nitrogen and oxygen atoms in total. The van der Waals surface area contributed by atoms with Crippen molar-refractivity contribution in [2.24, 2.45) is 0 Å². The average Bonchev–Trinajstić information content (AvgIpc) is 2.55. The number of halogens is 2. The first kappa shape index (κ1) is 17.7. The van der Waals surface area contributed by atoms with Crippen molar-refractivity contribution < 1.29 is 23.0 Å². The van der Waals surface area contributed by atoms with E-state index in [0.29, 0.717) is 0 Å². The standard InChI is InChI=1S/C19H18F2O3/c1-3-23-19(22)13(2)9-15-10-16(20)18(17(21)11-15)24-12-14-7-5-4-6-8-14/h4-11H,3,12H2,1-2H3. The molecular formula is C19H18F2O3. The van der Waals surface area contributed by atoms with Crippen molar-refractivity contribution in [2.75, 3.05) is 6.61 Å². The summed E-state index contributed by atoms with van der Waals surface area (Å²) in [5, 5.41) is 0. The molecule has 0 fully saturated rings. The molecule has 126 valence electrons. The number of carbonyl (C=O) groups excluding carboxylic acids is 1. The van der Waals surface area contributed by atoms with Gasteiger partial charge in [0.25, 0.3) is 0 Å². The Balaban J connectivity index is 2.16. The van der Waals surface area contributed by atoms with Gasteiger partial charge in [0.1, 0.15) is 6.61 Å². The van der Waals surface area contributed by atoms with Gasteiger partial charge in [0.05, 0.1) is 6.61 Å². The monoisotopic (exact) mass is 332 g/mol. The second-order valence-corrected chi connectivity index (χ2v) is 5.14. The molecule has 0 radical (unpaired) electrons. The SMILES string of the molecule is CCOC(=O)C(C)=Cc1cc(F)c(OCc2ccccc2)c(F)c1. The van der Waals surface area contributed by atoms with Gasteiger partial charge in [0, 0.05) is 5.57 Å². The molecule has 0 atom stereocenters. The maximum Gasteiger partial charge on any atom is 0.333 e. The van der Waals surface area contributed by atoms with Crippen molar-refractivity contribution >= 4 is 12.0 Å². The number of carbonyl (C=O) groups is 1. The smallest absolute Gasteiger partial charge is 0.333 e. The molecule has 2 rings (SSSR count). The first-order valence-corrected chi connectivity index (χ1v) is 7.52. The highest BCUT2D eigenvalue weighted by Crippen LogP contribution is 2.25. The van der Waals surface area contributed by atoms with E-state index in [2.05, 4.69) is 0 Å². The number of rotatable bonds is 6. The van der Waals surface area contributed by atoms with Gasteiger partial charge >= 0.3 is 5.97 Å². The number of ether oxygens (including phenoxy) is 2. The molecule has 0 aliphatic rings. The summed E-state index contributed by atoms with van der Waals surface area (Å²) in [7, 11) is 0. The maximum absolute atomic E-state index is 14.1. The lowest BCUT2D eigenvalue weighted by atomic mass is 10.1. The van der Waals surface area contributed by atoms with Crippen molar-refractivity contribution in [3.05, 3.63) is 70.8 Å². The minimum absolute atomic E-state index is 0.0612. The van der Waals surface area contributed by atoms with Gasteiger partial charge in [-0.15, -0.1) is 0 Å². The van der Waals surface area contributed by atoms with E-state index in [9.17, 15) is 13.6 Å². The minimum atomic E-state index is -0.825. The zero-order valence-corrected chi connectivity index (χ0v) is 13.5. The summed E-state index contributed by atoms with van der Waals surface area (Å²) in [5.41, 5.74) is 1.29. The van der Waals surface area contributed by atoms with E-state index in [0.717, 1.165) is 17.7 Å². The number of esters is 1. The Morgan fingerprint density at radius 3 is 2.33 bits per heavy atom. The highest BCUT2D eigenvalue weighted by atomic mass is 19.1. The van der Waals surface area contributed by atoms with Gasteiger partial charge in [-0.1, -0.05) is 30.3 Å². The van der Waals surface area contributed by atoms with Crippen LogP contribution in [0.5, 0.6) is 5.75 Å². The summed E-state index contributed by atoms with van der Waals surface area (Å²) in [6.45, 7) is 3.50. The van der Waals surface area contributed by atoms with Gasteiger partial charge in [0.15, 0.2) is 17.4 Å². The van der Waals surface area contributed by atoms with Crippen LogP contribution in [-0.4, -0.2) is 12.6 Å². The number of benzene rings is 2. The van der Waals surface area contributed by atoms with Gasteiger partial charge in [-0.2, -0.15) is 0 Å². The molecule has 0 saturated carbocycles. The Kier molecular flexibility index (Phi) is 6.07. The quantitative estimate of drug-likeness (QED) is 0.577. The van der Waals surface area contributed by atoms with Crippen LogP contribution in [0.4, 0.5) is 8.78 Å². The van der Waals surface area contributed by atoms with Crippen LogP contribution in [0.2, 0.25) is 0 Å². The Morgan fingerprint density at radius 2 is 1.75 bits per heavy atom. The molecule has 24 heavy (non-hydrogen) atoms. The molecule has 0 spiro atoms. The van der Waals surface area contributed by atoms with Crippen molar-refractivity contribution in [3.8, 4) is 5.75 Å². The van der Waals surface area contributed by atoms with Crippen LogP contribution in [0.3, 0.4) is 0 Å². The van der Waals surface area contributed by atoms with Gasteiger partial charge < -0.3 is 9.47 Å². The third-order valence-electron chi connectivity index (χ3n) is 3.23. The van der Waals surface area contributed by atoms with Crippen molar-refractivity contribution in [1.29, 1.82) is 0 Å². The highest BCUT2D eigenvalue weighted by Gasteiger charge is 2.13. The molecule has 0 heterocycles. The predicted molar refractivity (Wildman–Crippen MR) is 87.4 cm³/mol. The first-order chi connectivity index (χ1) is 11.5. The fourth-order valence-corrected chi connectivity index (χ4v) is 2.08. The molecule has 0 bridgehead atoms. The van der Waals surface area contributed by atoms with Crippen molar-refractivity contribution in [2.45, 2.75) is 20.5 Å². The summed E-state index contributed by atoms with van der Waals surface area (Å²) in [5.74, 6) is -2.62. The molecule has 2 aromatic carbocycles. The van der Waals surface area contributed by atoms with Crippen LogP contribution in [0, 0.1) is 11.6 Å². The Bertz CT molecular complexity index is 717. The molecule has 5 heteroatoms. The zero-order valence-electron chi connectivity index (χ0n) is 13.5. The minimum Gasteiger partial charge on any atom is -0.483 e. The summed E-state index contributed by atoms with van der Waals surface area (Å²) in [6.07, 6.45) is 1.37. The molecular weight excluding hydrogens is 314 g/mol. The van der Waals surface area contributed by atoms with E-state index >= 15 is 0 Å². The Morgan fingerprint density at radius 1 is 1.12 bits per heavy atom. The normalized spacial score (nSPS) is 11.2.